The zero-order valence-electron chi connectivity index (χ0n) is 14.9. The van der Waals surface area contributed by atoms with Crippen molar-refractivity contribution in [3.8, 4) is 0 Å². The number of halogens is 2. The molecule has 2 N–H and O–H groups in total. The first-order valence-corrected chi connectivity index (χ1v) is 9.07. The van der Waals surface area contributed by atoms with Crippen molar-refractivity contribution in [1.82, 2.24) is 9.97 Å². The van der Waals surface area contributed by atoms with Crippen LogP contribution in [0.4, 0.5) is 20.5 Å². The van der Waals surface area contributed by atoms with Gasteiger partial charge in [-0.05, 0) is 30.9 Å². The van der Waals surface area contributed by atoms with Gasteiger partial charge in [0.05, 0.1) is 5.56 Å². The molecule has 142 valence electrons. The minimum atomic E-state index is -1.01. The smallest absolute Gasteiger partial charge is 0.258 e. The van der Waals surface area contributed by atoms with E-state index >= 15 is 0 Å². The minimum absolute atomic E-state index is 0.0795. The molecule has 3 heterocycles. The molecular formula is C19H20F2N4O2. The van der Waals surface area contributed by atoms with Gasteiger partial charge in [-0.15, -0.1) is 0 Å². The fourth-order valence-corrected chi connectivity index (χ4v) is 3.98. The summed E-state index contributed by atoms with van der Waals surface area (Å²) in [6.07, 6.45) is 1.88. The number of hydrogen-bond acceptors (Lipinski definition) is 4. The van der Waals surface area contributed by atoms with Crippen LogP contribution in [0.5, 0.6) is 0 Å². The van der Waals surface area contributed by atoms with Crippen LogP contribution in [0, 0.1) is 17.6 Å². The van der Waals surface area contributed by atoms with Crippen molar-refractivity contribution in [2.45, 2.75) is 32.1 Å². The zero-order chi connectivity index (χ0) is 19.1. The van der Waals surface area contributed by atoms with E-state index in [-0.39, 0.29) is 23.4 Å². The van der Waals surface area contributed by atoms with Gasteiger partial charge < -0.3 is 10.2 Å². The van der Waals surface area contributed by atoms with Gasteiger partial charge in [-0.1, -0.05) is 13.0 Å². The summed E-state index contributed by atoms with van der Waals surface area (Å²) in [6.45, 7) is 3.63. The van der Waals surface area contributed by atoms with Crippen LogP contribution in [0.3, 0.4) is 0 Å². The Balaban J connectivity index is 1.81. The van der Waals surface area contributed by atoms with E-state index in [9.17, 15) is 18.4 Å². The Labute approximate surface area is 154 Å². The van der Waals surface area contributed by atoms with E-state index in [0.717, 1.165) is 38.1 Å². The maximum absolute atomic E-state index is 14.3. The number of aromatic amines is 1. The Morgan fingerprint density at radius 2 is 1.93 bits per heavy atom. The number of fused-ring (bicyclic) bond motifs is 1. The van der Waals surface area contributed by atoms with Gasteiger partial charge >= 0.3 is 0 Å². The van der Waals surface area contributed by atoms with Gasteiger partial charge in [0, 0.05) is 31.0 Å². The summed E-state index contributed by atoms with van der Waals surface area (Å²) in [6, 6.07) is 3.49. The maximum Gasteiger partial charge on any atom is 0.258 e. The van der Waals surface area contributed by atoms with E-state index in [0.29, 0.717) is 11.9 Å². The van der Waals surface area contributed by atoms with Crippen LogP contribution in [0.25, 0.3) is 0 Å². The lowest BCUT2D eigenvalue weighted by molar-refractivity contribution is -0.116. The average Bonchev–Trinajstić information content (AvgIpc) is 2.60. The third-order valence-electron chi connectivity index (χ3n) is 5.24. The summed E-state index contributed by atoms with van der Waals surface area (Å²) in [5, 5.41) is 2.59. The predicted molar refractivity (Wildman–Crippen MR) is 96.9 cm³/mol. The molecule has 2 aliphatic heterocycles. The number of benzene rings is 1. The molecule has 27 heavy (non-hydrogen) atoms. The molecule has 0 radical (unpaired) electrons. The van der Waals surface area contributed by atoms with Gasteiger partial charge in [0.25, 0.3) is 5.56 Å². The second-order valence-electron chi connectivity index (χ2n) is 7.29. The van der Waals surface area contributed by atoms with Crippen LogP contribution in [0.2, 0.25) is 0 Å². The standard InChI is InChI=1S/C19H20F2N4O2/c1-10-4-3-7-25(9-10)19-23-17-16(18(27)24-19)11(8-14(26)22-17)15-12(20)5-2-6-13(15)21/h2,5-6,10-11H,3-4,7-9H2,1H3,(H2,22,23,24,26,27). The zero-order valence-corrected chi connectivity index (χ0v) is 14.9. The highest BCUT2D eigenvalue weighted by molar-refractivity contribution is 5.94. The number of hydrogen-bond donors (Lipinski definition) is 2. The molecule has 2 aliphatic rings. The Kier molecular flexibility index (Phi) is 4.41. The molecule has 2 atom stereocenters. The number of piperidine rings is 1. The van der Waals surface area contributed by atoms with Crippen LogP contribution in [0.15, 0.2) is 23.0 Å². The Hall–Kier alpha value is -2.77. The lowest BCUT2D eigenvalue weighted by Crippen LogP contribution is -2.38. The summed E-state index contributed by atoms with van der Waals surface area (Å²) in [5.41, 5.74) is -0.673. The Morgan fingerprint density at radius 1 is 1.19 bits per heavy atom. The first-order chi connectivity index (χ1) is 12.9. The molecule has 2 unspecified atom stereocenters. The lowest BCUT2D eigenvalue weighted by atomic mass is 9.86. The second kappa shape index (κ2) is 6.75. The third kappa shape index (κ3) is 3.20. The summed E-state index contributed by atoms with van der Waals surface area (Å²) < 4.78 is 28.6. The normalized spacial score (nSPS) is 22.3. The molecule has 0 aliphatic carbocycles. The monoisotopic (exact) mass is 374 g/mol. The maximum atomic E-state index is 14.3. The van der Waals surface area contributed by atoms with Crippen LogP contribution in [-0.2, 0) is 4.79 Å². The largest absolute Gasteiger partial charge is 0.342 e. The van der Waals surface area contributed by atoms with Gasteiger partial charge in [0.2, 0.25) is 11.9 Å². The predicted octanol–water partition coefficient (Wildman–Crippen LogP) is 2.76. The molecular weight excluding hydrogens is 354 g/mol. The molecule has 0 spiro atoms. The first-order valence-electron chi connectivity index (χ1n) is 9.07. The highest BCUT2D eigenvalue weighted by Crippen LogP contribution is 2.37. The van der Waals surface area contributed by atoms with Crippen molar-refractivity contribution in [3.05, 3.63) is 51.3 Å². The second-order valence-corrected chi connectivity index (χ2v) is 7.29. The Bertz CT molecular complexity index is 939. The molecule has 2 aromatic rings. The third-order valence-corrected chi connectivity index (χ3v) is 5.24. The summed E-state index contributed by atoms with van der Waals surface area (Å²) in [4.78, 5) is 34.1. The fourth-order valence-electron chi connectivity index (χ4n) is 3.98. The van der Waals surface area contributed by atoms with Crippen molar-refractivity contribution >= 4 is 17.7 Å². The number of amides is 1. The topological polar surface area (TPSA) is 78.1 Å². The number of nitrogens with zero attached hydrogens (tertiary/aromatic N) is 2. The number of carbonyl (C=O) groups excluding carboxylic acids is 1. The molecule has 1 fully saturated rings. The average molecular weight is 374 g/mol. The fraction of sp³-hybridized carbons (Fsp3) is 0.421. The van der Waals surface area contributed by atoms with Crippen LogP contribution in [-0.4, -0.2) is 29.0 Å². The molecule has 1 saturated heterocycles. The first kappa shape index (κ1) is 17.6. The number of aromatic nitrogens is 2. The van der Waals surface area contributed by atoms with Crippen LogP contribution >= 0.6 is 0 Å². The van der Waals surface area contributed by atoms with E-state index in [2.05, 4.69) is 22.2 Å². The highest BCUT2D eigenvalue weighted by atomic mass is 19.1. The van der Waals surface area contributed by atoms with E-state index in [4.69, 9.17) is 0 Å². The molecule has 6 nitrogen and oxygen atoms in total. The summed E-state index contributed by atoms with van der Waals surface area (Å²) in [7, 11) is 0. The van der Waals surface area contributed by atoms with Gasteiger partial charge in [-0.3, -0.25) is 14.6 Å². The van der Waals surface area contributed by atoms with Gasteiger partial charge in [-0.2, -0.15) is 4.98 Å². The van der Waals surface area contributed by atoms with E-state index < -0.39 is 29.0 Å². The summed E-state index contributed by atoms with van der Waals surface area (Å²) in [5.74, 6) is -2.08. The quantitative estimate of drug-likeness (QED) is 0.847. The van der Waals surface area contributed by atoms with Crippen LogP contribution in [0.1, 0.15) is 43.2 Å². The van der Waals surface area contributed by atoms with Gasteiger partial charge in [-0.25, -0.2) is 8.78 Å². The summed E-state index contributed by atoms with van der Waals surface area (Å²) >= 11 is 0. The number of rotatable bonds is 2. The lowest BCUT2D eigenvalue weighted by Gasteiger charge is -2.32. The molecule has 1 aromatic carbocycles. The number of carbonyl (C=O) groups is 1. The Morgan fingerprint density at radius 3 is 2.63 bits per heavy atom. The highest BCUT2D eigenvalue weighted by Gasteiger charge is 2.34. The van der Waals surface area contributed by atoms with E-state index in [1.54, 1.807) is 0 Å². The van der Waals surface area contributed by atoms with Crippen LogP contribution < -0.4 is 15.8 Å². The molecule has 0 saturated carbocycles. The molecule has 0 bridgehead atoms. The number of H-pyrrole nitrogens is 1. The van der Waals surface area contributed by atoms with Crippen molar-refractivity contribution in [3.63, 3.8) is 0 Å². The van der Waals surface area contributed by atoms with Gasteiger partial charge in [0.15, 0.2) is 0 Å². The van der Waals surface area contributed by atoms with Crippen molar-refractivity contribution in [2.75, 3.05) is 23.3 Å². The number of nitrogens with one attached hydrogen (secondary N) is 2. The van der Waals surface area contributed by atoms with E-state index in [1.807, 2.05) is 4.90 Å². The molecule has 4 rings (SSSR count). The molecule has 8 heteroatoms. The van der Waals surface area contributed by atoms with Crippen molar-refractivity contribution in [1.29, 1.82) is 0 Å². The number of anilines is 2. The molecule has 1 aromatic heterocycles. The molecule has 1 amide bonds. The van der Waals surface area contributed by atoms with E-state index in [1.165, 1.54) is 6.07 Å². The minimum Gasteiger partial charge on any atom is -0.342 e. The van der Waals surface area contributed by atoms with Crippen molar-refractivity contribution in [2.24, 2.45) is 5.92 Å². The van der Waals surface area contributed by atoms with Gasteiger partial charge in [0.1, 0.15) is 17.5 Å². The SMILES string of the molecule is CC1CCCN(c2nc3c(c(=O)[nH]2)C(c2c(F)cccc2F)CC(=O)N3)C1. The van der Waals surface area contributed by atoms with Crippen molar-refractivity contribution < 1.29 is 13.6 Å².